The van der Waals surface area contributed by atoms with Crippen LogP contribution >= 0.6 is 38.6 Å². The van der Waals surface area contributed by atoms with Crippen molar-refractivity contribution in [1.82, 2.24) is 9.97 Å². The van der Waals surface area contributed by atoms with Gasteiger partial charge in [-0.3, -0.25) is 0 Å². The van der Waals surface area contributed by atoms with Gasteiger partial charge in [-0.1, -0.05) is 40.2 Å². The summed E-state index contributed by atoms with van der Waals surface area (Å²) >= 11 is 6.70. The van der Waals surface area contributed by atoms with Gasteiger partial charge < -0.3 is 10.1 Å². The van der Waals surface area contributed by atoms with Crippen molar-refractivity contribution in [3.8, 4) is 38.8 Å². The molecular formula is C25H18BrN3OS2. The third kappa shape index (κ3) is 4.60. The number of halogens is 1. The highest BCUT2D eigenvalue weighted by Crippen LogP contribution is 2.32. The van der Waals surface area contributed by atoms with Crippen LogP contribution in [0.15, 0.2) is 88.0 Å². The fourth-order valence-corrected chi connectivity index (χ4v) is 5.04. The summed E-state index contributed by atoms with van der Waals surface area (Å²) in [4.78, 5) is 9.51. The maximum absolute atomic E-state index is 5.23. The second-order valence-corrected chi connectivity index (χ2v) is 9.65. The number of ether oxygens (including phenoxy) is 1. The Morgan fingerprint density at radius 3 is 2.00 bits per heavy atom. The molecule has 0 aliphatic carbocycles. The predicted molar refractivity (Wildman–Crippen MR) is 138 cm³/mol. The van der Waals surface area contributed by atoms with Crippen LogP contribution in [0.1, 0.15) is 0 Å². The second-order valence-electron chi connectivity index (χ2n) is 7.01. The molecule has 7 heteroatoms. The first kappa shape index (κ1) is 20.9. The number of anilines is 2. The molecule has 0 aliphatic heterocycles. The summed E-state index contributed by atoms with van der Waals surface area (Å²) in [6.45, 7) is 0. The van der Waals surface area contributed by atoms with E-state index in [0.29, 0.717) is 0 Å². The zero-order chi connectivity index (χ0) is 21.9. The van der Waals surface area contributed by atoms with Gasteiger partial charge in [0.15, 0.2) is 5.13 Å². The second kappa shape index (κ2) is 9.24. The van der Waals surface area contributed by atoms with Gasteiger partial charge in [0.2, 0.25) is 0 Å². The van der Waals surface area contributed by atoms with Crippen LogP contribution in [0.2, 0.25) is 0 Å². The molecule has 0 unspecified atom stereocenters. The molecule has 0 aliphatic rings. The van der Waals surface area contributed by atoms with Crippen molar-refractivity contribution in [3.05, 3.63) is 88.0 Å². The van der Waals surface area contributed by atoms with Gasteiger partial charge in [-0.2, -0.15) is 0 Å². The minimum Gasteiger partial charge on any atom is -0.497 e. The quantitative estimate of drug-likeness (QED) is 0.246. The van der Waals surface area contributed by atoms with Gasteiger partial charge in [-0.05, 0) is 48.5 Å². The van der Waals surface area contributed by atoms with Gasteiger partial charge in [0.1, 0.15) is 10.8 Å². The third-order valence-corrected chi connectivity index (χ3v) is 7.10. The minimum atomic E-state index is 0.845. The molecule has 0 amide bonds. The molecule has 2 aromatic heterocycles. The normalized spacial score (nSPS) is 10.8. The molecule has 0 spiro atoms. The number of aromatic nitrogens is 2. The molecule has 0 bridgehead atoms. The maximum Gasteiger partial charge on any atom is 0.187 e. The van der Waals surface area contributed by atoms with Crippen molar-refractivity contribution in [1.29, 1.82) is 0 Å². The Labute approximate surface area is 202 Å². The van der Waals surface area contributed by atoms with Crippen LogP contribution in [0, 0.1) is 0 Å². The smallest absolute Gasteiger partial charge is 0.187 e. The summed E-state index contributed by atoms with van der Waals surface area (Å²) in [5.74, 6) is 0.845. The first-order valence-electron chi connectivity index (χ1n) is 9.87. The zero-order valence-corrected chi connectivity index (χ0v) is 20.3. The number of rotatable bonds is 6. The van der Waals surface area contributed by atoms with E-state index in [1.54, 1.807) is 29.8 Å². The van der Waals surface area contributed by atoms with Crippen molar-refractivity contribution in [2.45, 2.75) is 0 Å². The molecule has 0 radical (unpaired) electrons. The molecule has 2 heterocycles. The van der Waals surface area contributed by atoms with Crippen LogP contribution < -0.4 is 10.1 Å². The minimum absolute atomic E-state index is 0.845. The maximum atomic E-state index is 5.23. The van der Waals surface area contributed by atoms with Gasteiger partial charge in [-0.15, -0.1) is 22.7 Å². The lowest BCUT2D eigenvalue weighted by atomic mass is 10.1. The van der Waals surface area contributed by atoms with E-state index in [9.17, 15) is 0 Å². The van der Waals surface area contributed by atoms with E-state index >= 15 is 0 Å². The van der Waals surface area contributed by atoms with Crippen molar-refractivity contribution in [3.63, 3.8) is 0 Å². The Hall–Kier alpha value is -3.00. The van der Waals surface area contributed by atoms with Crippen molar-refractivity contribution in [2.24, 2.45) is 0 Å². The van der Waals surface area contributed by atoms with E-state index < -0.39 is 0 Å². The molecule has 4 nitrogen and oxygen atoms in total. The van der Waals surface area contributed by atoms with Gasteiger partial charge >= 0.3 is 0 Å². The van der Waals surface area contributed by atoms with E-state index in [0.717, 1.165) is 54.1 Å². The summed E-state index contributed by atoms with van der Waals surface area (Å²) in [6, 6.07) is 24.4. The highest BCUT2D eigenvalue weighted by Gasteiger charge is 2.08. The summed E-state index contributed by atoms with van der Waals surface area (Å²) in [5.41, 5.74) is 6.21. The van der Waals surface area contributed by atoms with Gasteiger partial charge in [-0.25, -0.2) is 9.97 Å². The van der Waals surface area contributed by atoms with Crippen LogP contribution in [0.25, 0.3) is 33.1 Å². The molecule has 0 fully saturated rings. The van der Waals surface area contributed by atoms with E-state index in [1.807, 2.05) is 36.4 Å². The fourth-order valence-electron chi connectivity index (χ4n) is 3.20. The van der Waals surface area contributed by atoms with Crippen LogP contribution in [-0.2, 0) is 0 Å². The molecule has 5 aromatic rings. The van der Waals surface area contributed by atoms with Gasteiger partial charge in [0.05, 0.1) is 18.5 Å². The molecule has 5 rings (SSSR count). The van der Waals surface area contributed by atoms with Crippen LogP contribution in [0.3, 0.4) is 0 Å². The van der Waals surface area contributed by atoms with Crippen LogP contribution in [0.5, 0.6) is 5.75 Å². The number of hydrogen-bond acceptors (Lipinski definition) is 6. The molecular weight excluding hydrogens is 502 g/mol. The molecule has 32 heavy (non-hydrogen) atoms. The van der Waals surface area contributed by atoms with Gasteiger partial charge in [0.25, 0.3) is 0 Å². The Morgan fingerprint density at radius 2 is 1.31 bits per heavy atom. The van der Waals surface area contributed by atoms with E-state index in [4.69, 9.17) is 14.7 Å². The fraction of sp³-hybridized carbons (Fsp3) is 0.0400. The molecule has 0 saturated heterocycles. The lowest BCUT2D eigenvalue weighted by molar-refractivity contribution is 0.415. The zero-order valence-electron chi connectivity index (χ0n) is 17.1. The van der Waals surface area contributed by atoms with Gasteiger partial charge in [0, 0.05) is 37.6 Å². The Morgan fingerprint density at radius 1 is 0.719 bits per heavy atom. The molecule has 0 atom stereocenters. The molecule has 1 N–H and O–H groups in total. The summed E-state index contributed by atoms with van der Waals surface area (Å²) in [5, 5.41) is 9.41. The summed E-state index contributed by atoms with van der Waals surface area (Å²) in [7, 11) is 1.67. The lowest BCUT2D eigenvalue weighted by Gasteiger charge is -2.04. The number of methoxy groups -OCH3 is 1. The Bertz CT molecular complexity index is 1330. The average molecular weight is 520 g/mol. The van der Waals surface area contributed by atoms with Crippen molar-refractivity contribution >= 4 is 49.4 Å². The first-order chi connectivity index (χ1) is 15.7. The van der Waals surface area contributed by atoms with E-state index in [-0.39, 0.29) is 0 Å². The molecule has 158 valence electrons. The molecule has 3 aromatic carbocycles. The number of benzene rings is 3. The Balaban J connectivity index is 1.28. The van der Waals surface area contributed by atoms with Crippen molar-refractivity contribution in [2.75, 3.05) is 12.4 Å². The highest BCUT2D eigenvalue weighted by molar-refractivity contribution is 9.10. The number of nitrogens with zero attached hydrogens (tertiary/aromatic N) is 2. The van der Waals surface area contributed by atoms with E-state index in [2.05, 4.69) is 68.4 Å². The topological polar surface area (TPSA) is 47.0 Å². The summed E-state index contributed by atoms with van der Waals surface area (Å²) in [6.07, 6.45) is 0. The predicted octanol–water partition coefficient (Wildman–Crippen LogP) is 8.12. The summed E-state index contributed by atoms with van der Waals surface area (Å²) < 4.78 is 6.29. The Kier molecular flexibility index (Phi) is 6.03. The van der Waals surface area contributed by atoms with Crippen LogP contribution in [-0.4, -0.2) is 17.1 Å². The first-order valence-corrected chi connectivity index (χ1v) is 12.4. The van der Waals surface area contributed by atoms with Crippen LogP contribution in [0.4, 0.5) is 10.8 Å². The number of nitrogens with one attached hydrogen (secondary N) is 1. The number of thiazole rings is 2. The monoisotopic (exact) mass is 519 g/mol. The van der Waals surface area contributed by atoms with E-state index in [1.165, 1.54) is 0 Å². The third-order valence-electron chi connectivity index (χ3n) is 4.92. The standard InChI is InChI=1S/C25H18BrN3OS2/c1-30-21-12-6-18(7-13-21)24-28-22(14-31-24)17-4-10-20(11-5-17)27-25-29-23(15-32-25)16-2-8-19(26)9-3-16/h2-15H,1H3,(H,27,29). The van der Waals surface area contributed by atoms with Crippen molar-refractivity contribution < 1.29 is 4.74 Å². The SMILES string of the molecule is COc1ccc(-c2nc(-c3ccc(Nc4nc(-c5ccc(Br)cc5)cs4)cc3)cs2)cc1. The lowest BCUT2D eigenvalue weighted by Crippen LogP contribution is -1.90. The number of hydrogen-bond donors (Lipinski definition) is 1. The average Bonchev–Trinajstić information content (AvgIpc) is 3.51. The largest absolute Gasteiger partial charge is 0.497 e. The molecule has 0 saturated carbocycles. The highest BCUT2D eigenvalue weighted by atomic mass is 79.9.